The van der Waals surface area contributed by atoms with Crippen molar-refractivity contribution < 1.29 is 19.1 Å². The second-order valence-corrected chi connectivity index (χ2v) is 6.46. The first-order chi connectivity index (χ1) is 12.9. The number of fused-ring (bicyclic) bond motifs is 1. The molecule has 0 bridgehead atoms. The maximum atomic E-state index is 12.3. The lowest BCUT2D eigenvalue weighted by molar-refractivity contribution is -0.145. The lowest BCUT2D eigenvalue weighted by Crippen LogP contribution is -2.14. The van der Waals surface area contributed by atoms with Gasteiger partial charge in [0.2, 0.25) is 0 Å². The standard InChI is InChI=1S/C22H23NO4/c1-5-26-21(25)13-27-18-10-11-20-19(12-18)22(16(4)24)15(3)23(20)17-8-6-14(2)7-9-17/h6-12H,5,13H2,1-4H3. The molecule has 0 atom stereocenters. The van der Waals surface area contributed by atoms with Crippen molar-refractivity contribution in [2.75, 3.05) is 13.2 Å². The second-order valence-electron chi connectivity index (χ2n) is 6.46. The first-order valence-electron chi connectivity index (χ1n) is 8.93. The molecule has 0 spiro atoms. The van der Waals surface area contributed by atoms with Crippen LogP contribution in [0.2, 0.25) is 0 Å². The average Bonchev–Trinajstić information content (AvgIpc) is 2.92. The Labute approximate surface area is 158 Å². The highest BCUT2D eigenvalue weighted by atomic mass is 16.6. The van der Waals surface area contributed by atoms with Crippen LogP contribution >= 0.6 is 0 Å². The van der Waals surface area contributed by atoms with Crippen LogP contribution in [0.1, 0.15) is 35.5 Å². The number of esters is 1. The summed E-state index contributed by atoms with van der Waals surface area (Å²) in [6, 6.07) is 13.7. The van der Waals surface area contributed by atoms with Crippen molar-refractivity contribution in [2.45, 2.75) is 27.7 Å². The molecule has 0 fully saturated rings. The number of aryl methyl sites for hydroxylation is 1. The fourth-order valence-electron chi connectivity index (χ4n) is 3.30. The summed E-state index contributed by atoms with van der Waals surface area (Å²) in [7, 11) is 0. The summed E-state index contributed by atoms with van der Waals surface area (Å²) in [5, 5.41) is 0.807. The highest BCUT2D eigenvalue weighted by molar-refractivity contribution is 6.09. The largest absolute Gasteiger partial charge is 0.482 e. The molecule has 0 saturated heterocycles. The lowest BCUT2D eigenvalue weighted by Gasteiger charge is -2.10. The van der Waals surface area contributed by atoms with Gasteiger partial charge in [0.05, 0.1) is 12.1 Å². The maximum Gasteiger partial charge on any atom is 0.344 e. The molecule has 0 N–H and O–H groups in total. The maximum absolute atomic E-state index is 12.3. The van der Waals surface area contributed by atoms with Crippen molar-refractivity contribution in [1.82, 2.24) is 4.57 Å². The van der Waals surface area contributed by atoms with Gasteiger partial charge in [-0.3, -0.25) is 4.79 Å². The summed E-state index contributed by atoms with van der Waals surface area (Å²) in [5.41, 5.74) is 4.63. The molecule has 2 aromatic carbocycles. The van der Waals surface area contributed by atoms with Crippen molar-refractivity contribution in [3.8, 4) is 11.4 Å². The Morgan fingerprint density at radius 2 is 1.74 bits per heavy atom. The SMILES string of the molecule is CCOC(=O)COc1ccc2c(c1)c(C(C)=O)c(C)n2-c1ccc(C)cc1. The minimum atomic E-state index is -0.419. The molecule has 27 heavy (non-hydrogen) atoms. The quantitative estimate of drug-likeness (QED) is 0.480. The number of carbonyl (C=O) groups is 2. The second kappa shape index (κ2) is 7.66. The van der Waals surface area contributed by atoms with Gasteiger partial charge in [-0.2, -0.15) is 0 Å². The Hall–Kier alpha value is -3.08. The molecule has 0 aliphatic heterocycles. The molecule has 1 heterocycles. The third-order valence-electron chi connectivity index (χ3n) is 4.48. The number of ether oxygens (including phenoxy) is 2. The van der Waals surface area contributed by atoms with Crippen LogP contribution in [0.3, 0.4) is 0 Å². The molecule has 140 valence electrons. The first-order valence-corrected chi connectivity index (χ1v) is 8.93. The fourth-order valence-corrected chi connectivity index (χ4v) is 3.30. The third kappa shape index (κ3) is 3.72. The van der Waals surface area contributed by atoms with Crippen LogP contribution in [0.25, 0.3) is 16.6 Å². The minimum Gasteiger partial charge on any atom is -0.482 e. The van der Waals surface area contributed by atoms with Crippen LogP contribution in [0.15, 0.2) is 42.5 Å². The summed E-state index contributed by atoms with van der Waals surface area (Å²) in [6.45, 7) is 7.45. The van der Waals surface area contributed by atoms with E-state index >= 15 is 0 Å². The van der Waals surface area contributed by atoms with Crippen molar-refractivity contribution in [3.05, 3.63) is 59.3 Å². The van der Waals surface area contributed by atoms with Gasteiger partial charge < -0.3 is 14.0 Å². The van der Waals surface area contributed by atoms with Gasteiger partial charge in [0, 0.05) is 22.3 Å². The van der Waals surface area contributed by atoms with E-state index < -0.39 is 5.97 Å². The van der Waals surface area contributed by atoms with E-state index in [4.69, 9.17) is 9.47 Å². The van der Waals surface area contributed by atoms with Gasteiger partial charge in [0.25, 0.3) is 0 Å². The predicted molar refractivity (Wildman–Crippen MR) is 105 cm³/mol. The van der Waals surface area contributed by atoms with Crippen LogP contribution in [-0.4, -0.2) is 29.5 Å². The summed E-state index contributed by atoms with van der Waals surface area (Å²) in [5.74, 6) is 0.0998. The zero-order valence-corrected chi connectivity index (χ0v) is 16.0. The number of rotatable bonds is 6. The minimum absolute atomic E-state index is 0.00842. The number of hydrogen-bond donors (Lipinski definition) is 0. The molecular formula is C22H23NO4. The number of Topliss-reactive ketones (excluding diaryl/α,β-unsaturated/α-hetero) is 1. The third-order valence-corrected chi connectivity index (χ3v) is 4.48. The molecular weight excluding hydrogens is 342 g/mol. The van der Waals surface area contributed by atoms with Crippen LogP contribution in [0.5, 0.6) is 5.75 Å². The molecule has 0 aliphatic rings. The molecule has 0 unspecified atom stereocenters. The van der Waals surface area contributed by atoms with E-state index in [-0.39, 0.29) is 12.4 Å². The van der Waals surface area contributed by atoms with Gasteiger partial charge in [-0.25, -0.2) is 4.79 Å². The van der Waals surface area contributed by atoms with E-state index in [0.717, 1.165) is 22.3 Å². The lowest BCUT2D eigenvalue weighted by atomic mass is 10.1. The smallest absolute Gasteiger partial charge is 0.344 e. The molecule has 3 rings (SSSR count). The molecule has 0 radical (unpaired) electrons. The Morgan fingerprint density at radius 1 is 1.04 bits per heavy atom. The van der Waals surface area contributed by atoms with E-state index in [1.165, 1.54) is 5.56 Å². The number of hydrogen-bond acceptors (Lipinski definition) is 4. The van der Waals surface area contributed by atoms with E-state index in [0.29, 0.717) is 17.9 Å². The van der Waals surface area contributed by atoms with Crippen LogP contribution in [-0.2, 0) is 9.53 Å². The van der Waals surface area contributed by atoms with Gasteiger partial charge in [-0.1, -0.05) is 17.7 Å². The predicted octanol–water partition coefficient (Wildman–Crippen LogP) is 4.39. The van der Waals surface area contributed by atoms with E-state index in [2.05, 4.69) is 4.57 Å². The van der Waals surface area contributed by atoms with Gasteiger partial charge in [0.15, 0.2) is 12.4 Å². The summed E-state index contributed by atoms with van der Waals surface area (Å²) in [4.78, 5) is 23.8. The molecule has 1 aromatic heterocycles. The number of benzene rings is 2. The zero-order valence-electron chi connectivity index (χ0n) is 16.0. The normalized spacial score (nSPS) is 10.8. The van der Waals surface area contributed by atoms with Crippen LogP contribution in [0.4, 0.5) is 0 Å². The summed E-state index contributed by atoms with van der Waals surface area (Å²) in [6.07, 6.45) is 0. The highest BCUT2D eigenvalue weighted by Crippen LogP contribution is 2.32. The number of nitrogens with zero attached hydrogens (tertiary/aromatic N) is 1. The van der Waals surface area contributed by atoms with E-state index in [9.17, 15) is 9.59 Å². The molecule has 0 saturated carbocycles. The molecule has 5 nitrogen and oxygen atoms in total. The topological polar surface area (TPSA) is 57.5 Å². The van der Waals surface area contributed by atoms with Crippen molar-refractivity contribution in [2.24, 2.45) is 0 Å². The average molecular weight is 365 g/mol. The fraction of sp³-hybridized carbons (Fsp3) is 0.273. The number of ketones is 1. The van der Waals surface area contributed by atoms with Crippen molar-refractivity contribution in [1.29, 1.82) is 0 Å². The van der Waals surface area contributed by atoms with Gasteiger partial charge in [-0.15, -0.1) is 0 Å². The highest BCUT2D eigenvalue weighted by Gasteiger charge is 2.19. The Bertz CT molecular complexity index is 999. The number of aromatic nitrogens is 1. The molecule has 5 heteroatoms. The van der Waals surface area contributed by atoms with Crippen molar-refractivity contribution in [3.63, 3.8) is 0 Å². The monoisotopic (exact) mass is 365 g/mol. The van der Waals surface area contributed by atoms with Gasteiger partial charge in [-0.05, 0) is 58.0 Å². The summed E-state index contributed by atoms with van der Waals surface area (Å²) < 4.78 is 12.5. The Kier molecular flexibility index (Phi) is 5.31. The zero-order chi connectivity index (χ0) is 19.6. The summed E-state index contributed by atoms with van der Waals surface area (Å²) >= 11 is 0. The van der Waals surface area contributed by atoms with Crippen molar-refractivity contribution >= 4 is 22.7 Å². The van der Waals surface area contributed by atoms with Gasteiger partial charge >= 0.3 is 5.97 Å². The van der Waals surface area contributed by atoms with Crippen LogP contribution < -0.4 is 4.74 Å². The van der Waals surface area contributed by atoms with E-state index in [1.807, 2.05) is 50.2 Å². The Morgan fingerprint density at radius 3 is 2.37 bits per heavy atom. The Balaban J connectivity index is 2.08. The molecule has 0 amide bonds. The van der Waals surface area contributed by atoms with Gasteiger partial charge in [0.1, 0.15) is 5.75 Å². The number of carbonyl (C=O) groups excluding carboxylic acids is 2. The van der Waals surface area contributed by atoms with Crippen LogP contribution in [0, 0.1) is 13.8 Å². The molecule has 0 aliphatic carbocycles. The van der Waals surface area contributed by atoms with E-state index in [1.54, 1.807) is 19.9 Å². The molecule has 3 aromatic rings. The first kappa shape index (κ1) is 18.7.